The summed E-state index contributed by atoms with van der Waals surface area (Å²) in [5, 5.41) is 10.2. The minimum absolute atomic E-state index is 0.00536. The monoisotopic (exact) mass is 606 g/mol. The van der Waals surface area contributed by atoms with Gasteiger partial charge in [0.15, 0.2) is 5.76 Å². The number of rotatable bonds is 10. The molecule has 3 rings (SSSR count). The molecule has 0 radical (unpaired) electrons. The zero-order chi connectivity index (χ0) is 31.2. The zero-order valence-corrected chi connectivity index (χ0v) is 24.9. The Morgan fingerprint density at radius 2 is 1.86 bits per heavy atom. The molecular formula is C26H34N6O9S. The Morgan fingerprint density at radius 1 is 1.19 bits per heavy atom. The number of sulfonamides is 1. The van der Waals surface area contributed by atoms with E-state index in [1.54, 1.807) is 45.0 Å². The standard InChI is InChI=1S/C26H34N6O9S/c1-14-22(15(2)40-30-14)42(36,37)32-20(24(34)38-6)13-28-21(33)12-18-11-19(31-41-18)16-7-9-17(10-8-16)23(27)29-25(35)39-26(3,4)5/h7-10,18,20,32H,11-13H2,1-6H3,(H,28,33)(H2,27,29,35)/t18?,20-/m0/s1. The van der Waals surface area contributed by atoms with Crippen molar-refractivity contribution < 1.29 is 41.6 Å². The number of esters is 1. The lowest BCUT2D eigenvalue weighted by Crippen LogP contribution is -2.49. The van der Waals surface area contributed by atoms with Crippen molar-refractivity contribution in [2.45, 2.75) is 70.1 Å². The van der Waals surface area contributed by atoms with E-state index < -0.39 is 45.7 Å². The number of carbonyl (C=O) groups is 3. The molecule has 16 heteroatoms. The van der Waals surface area contributed by atoms with Gasteiger partial charge in [0, 0.05) is 18.5 Å². The van der Waals surface area contributed by atoms with Crippen LogP contribution in [0.3, 0.4) is 0 Å². The van der Waals surface area contributed by atoms with Crippen LogP contribution in [0.5, 0.6) is 0 Å². The van der Waals surface area contributed by atoms with E-state index in [4.69, 9.17) is 19.8 Å². The highest BCUT2D eigenvalue weighted by Crippen LogP contribution is 2.21. The van der Waals surface area contributed by atoms with Crippen molar-refractivity contribution in [1.29, 1.82) is 0 Å². The number of benzene rings is 1. The second-order valence-electron chi connectivity index (χ2n) is 10.4. The van der Waals surface area contributed by atoms with E-state index in [0.29, 0.717) is 23.3 Å². The van der Waals surface area contributed by atoms with Gasteiger partial charge in [0.25, 0.3) is 0 Å². The summed E-state index contributed by atoms with van der Waals surface area (Å²) < 4.78 is 42.6. The molecule has 2 aromatic rings. The van der Waals surface area contributed by atoms with Crippen molar-refractivity contribution in [3.8, 4) is 0 Å². The molecule has 1 aliphatic rings. The quantitative estimate of drug-likeness (QED) is 0.200. The maximum absolute atomic E-state index is 12.8. The first-order valence-corrected chi connectivity index (χ1v) is 14.3. The number of aromatic nitrogens is 1. The number of aryl methyl sites for hydroxylation is 2. The van der Waals surface area contributed by atoms with Gasteiger partial charge in [-0.2, -0.15) is 9.71 Å². The topological polar surface area (TPSA) is 214 Å². The van der Waals surface area contributed by atoms with Crippen molar-refractivity contribution in [3.05, 3.63) is 46.8 Å². The average molecular weight is 607 g/mol. The van der Waals surface area contributed by atoms with Crippen LogP contribution in [0.15, 0.2) is 43.8 Å². The summed E-state index contributed by atoms with van der Waals surface area (Å²) in [6.07, 6.45) is -1.18. The van der Waals surface area contributed by atoms with Crippen molar-refractivity contribution in [2.75, 3.05) is 13.7 Å². The van der Waals surface area contributed by atoms with Gasteiger partial charge in [0.05, 0.1) is 19.2 Å². The highest BCUT2D eigenvalue weighted by Gasteiger charge is 2.32. The van der Waals surface area contributed by atoms with Crippen LogP contribution in [-0.4, -0.2) is 74.5 Å². The number of nitrogens with one attached hydrogen (secondary N) is 2. The van der Waals surface area contributed by atoms with Crippen molar-refractivity contribution in [1.82, 2.24) is 15.2 Å². The van der Waals surface area contributed by atoms with E-state index in [1.807, 2.05) is 0 Å². The van der Waals surface area contributed by atoms with Crippen LogP contribution < -0.4 is 15.8 Å². The normalized spacial score (nSPS) is 16.3. The molecule has 228 valence electrons. The Morgan fingerprint density at radius 3 is 2.43 bits per heavy atom. The van der Waals surface area contributed by atoms with Crippen LogP contribution in [0.25, 0.3) is 0 Å². The van der Waals surface area contributed by atoms with Gasteiger partial charge in [0.2, 0.25) is 15.9 Å². The molecular weight excluding hydrogens is 572 g/mol. The van der Waals surface area contributed by atoms with Crippen LogP contribution in [0.1, 0.15) is 56.2 Å². The number of amidine groups is 1. The zero-order valence-electron chi connectivity index (χ0n) is 24.1. The summed E-state index contributed by atoms with van der Waals surface area (Å²) in [5.41, 5.74) is 7.15. The van der Waals surface area contributed by atoms with E-state index in [0.717, 1.165) is 7.11 Å². The number of ether oxygens (including phenoxy) is 2. The van der Waals surface area contributed by atoms with Gasteiger partial charge in [-0.1, -0.05) is 34.6 Å². The van der Waals surface area contributed by atoms with Crippen LogP contribution in [-0.2, 0) is 33.9 Å². The van der Waals surface area contributed by atoms with Gasteiger partial charge in [-0.05, 0) is 40.2 Å². The maximum atomic E-state index is 12.8. The highest BCUT2D eigenvalue weighted by molar-refractivity contribution is 7.89. The molecule has 0 aliphatic carbocycles. The lowest BCUT2D eigenvalue weighted by Gasteiger charge is -2.17. The van der Waals surface area contributed by atoms with Gasteiger partial charge in [0.1, 0.15) is 34.2 Å². The fourth-order valence-corrected chi connectivity index (χ4v) is 5.42. The fraction of sp³-hybridized carbons (Fsp3) is 0.462. The van der Waals surface area contributed by atoms with Crippen molar-refractivity contribution in [3.63, 3.8) is 0 Å². The second kappa shape index (κ2) is 13.1. The Hall–Kier alpha value is -4.31. The lowest BCUT2D eigenvalue weighted by molar-refractivity contribution is -0.142. The number of amides is 2. The van der Waals surface area contributed by atoms with E-state index >= 15 is 0 Å². The van der Waals surface area contributed by atoms with Crippen molar-refractivity contribution >= 4 is 39.5 Å². The number of hydrogen-bond donors (Lipinski definition) is 3. The van der Waals surface area contributed by atoms with Crippen molar-refractivity contribution in [2.24, 2.45) is 15.9 Å². The molecule has 4 N–H and O–H groups in total. The summed E-state index contributed by atoms with van der Waals surface area (Å²) in [6, 6.07) is 5.38. The van der Waals surface area contributed by atoms with Crippen LogP contribution >= 0.6 is 0 Å². The minimum atomic E-state index is -4.20. The summed E-state index contributed by atoms with van der Waals surface area (Å²) >= 11 is 0. The summed E-state index contributed by atoms with van der Waals surface area (Å²) in [7, 11) is -3.10. The molecule has 1 aromatic carbocycles. The first-order chi connectivity index (χ1) is 19.6. The Labute approximate surface area is 242 Å². The number of nitrogens with two attached hydrogens (primary N) is 1. The van der Waals surface area contributed by atoms with Gasteiger partial charge < -0.3 is 29.9 Å². The number of carbonyl (C=O) groups excluding carboxylic acids is 3. The van der Waals surface area contributed by atoms with E-state index in [2.05, 4.69) is 30.1 Å². The number of oxime groups is 1. The van der Waals surface area contributed by atoms with Crippen LogP contribution in [0.2, 0.25) is 0 Å². The molecule has 0 saturated carbocycles. The molecule has 15 nitrogen and oxygen atoms in total. The molecule has 2 atom stereocenters. The average Bonchev–Trinajstić information content (AvgIpc) is 3.50. The fourth-order valence-electron chi connectivity index (χ4n) is 3.90. The predicted molar refractivity (Wildman–Crippen MR) is 149 cm³/mol. The molecule has 42 heavy (non-hydrogen) atoms. The van der Waals surface area contributed by atoms with Gasteiger partial charge in [-0.15, -0.1) is 0 Å². The van der Waals surface area contributed by atoms with E-state index in [1.165, 1.54) is 13.8 Å². The van der Waals surface area contributed by atoms with Crippen LogP contribution in [0.4, 0.5) is 4.79 Å². The Bertz CT molecular complexity index is 1470. The number of methoxy groups -OCH3 is 1. The highest BCUT2D eigenvalue weighted by atomic mass is 32.2. The first kappa shape index (κ1) is 32.2. The molecule has 0 saturated heterocycles. The Balaban J connectivity index is 1.54. The minimum Gasteiger partial charge on any atom is -0.468 e. The largest absolute Gasteiger partial charge is 0.468 e. The molecule has 1 unspecified atom stereocenters. The second-order valence-corrected chi connectivity index (χ2v) is 12.0. The smallest absolute Gasteiger partial charge is 0.436 e. The predicted octanol–water partition coefficient (Wildman–Crippen LogP) is 1.45. The maximum Gasteiger partial charge on any atom is 0.436 e. The summed E-state index contributed by atoms with van der Waals surface area (Å²) in [4.78, 5) is 45.7. The summed E-state index contributed by atoms with van der Waals surface area (Å²) in [5.74, 6) is -1.35. The van der Waals surface area contributed by atoms with Gasteiger partial charge in [-0.25, -0.2) is 13.2 Å². The third kappa shape index (κ3) is 8.59. The van der Waals surface area contributed by atoms with Gasteiger partial charge >= 0.3 is 12.1 Å². The number of hydrogen-bond acceptors (Lipinski definition) is 11. The molecule has 1 aliphatic heterocycles. The summed E-state index contributed by atoms with van der Waals surface area (Å²) in [6.45, 7) is 7.66. The third-order valence-corrected chi connectivity index (χ3v) is 7.50. The molecule has 0 bridgehead atoms. The number of aliphatic imine (C=N–C) groups is 1. The number of nitrogens with zero attached hydrogens (tertiary/aromatic N) is 3. The van der Waals surface area contributed by atoms with E-state index in [9.17, 15) is 22.8 Å². The molecule has 0 fully saturated rings. The molecule has 2 amide bonds. The van der Waals surface area contributed by atoms with Crippen LogP contribution in [0, 0.1) is 13.8 Å². The third-order valence-electron chi connectivity index (χ3n) is 5.79. The van der Waals surface area contributed by atoms with E-state index in [-0.39, 0.29) is 35.2 Å². The van der Waals surface area contributed by atoms with Gasteiger partial charge in [-0.3, -0.25) is 9.59 Å². The SMILES string of the molecule is COC(=O)[C@H](CNC(=O)CC1CC(c2ccc(/C(N)=N\C(=O)OC(C)(C)C)cc2)=NO1)NS(=O)(=O)c1c(C)noc1C. The lowest BCUT2D eigenvalue weighted by atomic mass is 10.0. The molecule has 2 heterocycles. The molecule has 1 aromatic heterocycles. The Kier molecular flexibility index (Phi) is 10.1. The molecule has 0 spiro atoms. The first-order valence-electron chi connectivity index (χ1n) is 12.8.